The van der Waals surface area contributed by atoms with Crippen LogP contribution in [0.4, 0.5) is 4.79 Å². The van der Waals surface area contributed by atoms with Crippen LogP contribution in [0.5, 0.6) is 0 Å². The van der Waals surface area contributed by atoms with Crippen LogP contribution in [0.2, 0.25) is 5.02 Å². The fraction of sp³-hybridized carbons (Fsp3) is 0.650. The third-order valence-electron chi connectivity index (χ3n) is 5.93. The van der Waals surface area contributed by atoms with E-state index in [1.54, 1.807) is 36.2 Å². The molecule has 0 aromatic heterocycles. The standard InChI is InChI=1S/C20H29ClN2O4S/c1-22(2)11-4-12-23(3)20(24)27-18-13-14-5-10-17(18)19(14)28(25,26)16-8-6-15(21)7-9-16/h6-9,14,17-19H,4-5,10-13H2,1-3H3/t14-,17?,18?,19?/m1/s1. The molecule has 0 N–H and O–H groups in total. The first-order valence-electron chi connectivity index (χ1n) is 9.76. The summed E-state index contributed by atoms with van der Waals surface area (Å²) < 4.78 is 32.1. The van der Waals surface area contributed by atoms with E-state index in [2.05, 4.69) is 4.90 Å². The Labute approximate surface area is 172 Å². The molecule has 2 saturated carbocycles. The predicted octanol–water partition coefficient (Wildman–Crippen LogP) is 3.30. The summed E-state index contributed by atoms with van der Waals surface area (Å²) in [5.41, 5.74) is 0. The van der Waals surface area contributed by atoms with Crippen LogP contribution in [0.25, 0.3) is 0 Å². The fourth-order valence-corrected chi connectivity index (χ4v) is 7.02. The number of amides is 1. The minimum atomic E-state index is -3.47. The number of rotatable bonds is 7. The molecule has 0 spiro atoms. The lowest BCUT2D eigenvalue weighted by molar-refractivity contribution is 0.0420. The van der Waals surface area contributed by atoms with E-state index >= 15 is 0 Å². The van der Waals surface area contributed by atoms with Crippen LogP contribution in [-0.2, 0) is 14.6 Å². The summed E-state index contributed by atoms with van der Waals surface area (Å²) in [6, 6.07) is 6.33. The molecule has 0 saturated heterocycles. The van der Waals surface area contributed by atoms with Crippen molar-refractivity contribution in [2.45, 2.75) is 41.9 Å². The van der Waals surface area contributed by atoms with Crippen molar-refractivity contribution in [1.82, 2.24) is 9.80 Å². The maximum Gasteiger partial charge on any atom is 0.409 e. The highest BCUT2D eigenvalue weighted by atomic mass is 35.5. The van der Waals surface area contributed by atoms with Crippen molar-refractivity contribution in [1.29, 1.82) is 0 Å². The normalized spacial score (nSPS) is 26.6. The van der Waals surface area contributed by atoms with E-state index in [-0.39, 0.29) is 24.0 Å². The zero-order chi connectivity index (χ0) is 20.5. The van der Waals surface area contributed by atoms with Gasteiger partial charge < -0.3 is 14.5 Å². The van der Waals surface area contributed by atoms with E-state index in [9.17, 15) is 13.2 Å². The van der Waals surface area contributed by atoms with E-state index in [0.29, 0.717) is 22.9 Å². The Bertz CT molecular complexity index is 797. The summed E-state index contributed by atoms with van der Waals surface area (Å²) in [5.74, 6) is -0.0904. The average Bonchev–Trinajstić information content (AvgIpc) is 3.20. The van der Waals surface area contributed by atoms with Crippen LogP contribution in [0.15, 0.2) is 29.2 Å². The highest BCUT2D eigenvalue weighted by Gasteiger charge is 2.55. The number of ether oxygens (including phenoxy) is 1. The van der Waals surface area contributed by atoms with Crippen molar-refractivity contribution in [3.8, 4) is 0 Å². The molecule has 2 aliphatic rings. The quantitative estimate of drug-likeness (QED) is 0.666. The van der Waals surface area contributed by atoms with Crippen LogP contribution in [-0.4, -0.2) is 69.9 Å². The number of hydrogen-bond donors (Lipinski definition) is 0. The Morgan fingerprint density at radius 2 is 1.82 bits per heavy atom. The highest BCUT2D eigenvalue weighted by molar-refractivity contribution is 7.92. The lowest BCUT2D eigenvalue weighted by Gasteiger charge is -2.26. The van der Waals surface area contributed by atoms with Gasteiger partial charge in [0.1, 0.15) is 6.10 Å². The SMILES string of the molecule is CN(C)CCCN(C)C(=O)OC1C[C@H]2CCC1C2S(=O)(=O)c1ccc(Cl)cc1. The number of carbonyl (C=O) groups excluding carboxylic acids is 1. The van der Waals surface area contributed by atoms with Gasteiger partial charge in [-0.25, -0.2) is 13.2 Å². The van der Waals surface area contributed by atoms with Gasteiger partial charge in [0.2, 0.25) is 0 Å². The summed E-state index contributed by atoms with van der Waals surface area (Å²) in [5, 5.41) is 0.0305. The van der Waals surface area contributed by atoms with E-state index in [0.717, 1.165) is 25.8 Å². The van der Waals surface area contributed by atoms with Crippen molar-refractivity contribution < 1.29 is 17.9 Å². The molecular weight excluding hydrogens is 400 g/mol. The molecule has 2 aliphatic carbocycles. The molecule has 1 aromatic rings. The van der Waals surface area contributed by atoms with Gasteiger partial charge >= 0.3 is 6.09 Å². The Morgan fingerprint density at radius 1 is 1.14 bits per heavy atom. The van der Waals surface area contributed by atoms with Crippen molar-refractivity contribution in [3.05, 3.63) is 29.3 Å². The second-order valence-electron chi connectivity index (χ2n) is 8.20. The Balaban J connectivity index is 1.64. The summed E-state index contributed by atoms with van der Waals surface area (Å²) in [4.78, 5) is 16.4. The number of hydrogen-bond acceptors (Lipinski definition) is 5. The first kappa shape index (κ1) is 21.4. The van der Waals surface area contributed by atoms with Gasteiger partial charge in [-0.15, -0.1) is 0 Å². The van der Waals surface area contributed by atoms with Crippen LogP contribution in [0, 0.1) is 11.8 Å². The maximum atomic E-state index is 13.2. The molecule has 0 radical (unpaired) electrons. The zero-order valence-electron chi connectivity index (χ0n) is 16.7. The Morgan fingerprint density at radius 3 is 2.46 bits per heavy atom. The number of nitrogens with zero attached hydrogens (tertiary/aromatic N) is 2. The van der Waals surface area contributed by atoms with Gasteiger partial charge in [0.25, 0.3) is 0 Å². The Kier molecular flexibility index (Phi) is 6.57. The molecule has 1 amide bonds. The zero-order valence-corrected chi connectivity index (χ0v) is 18.2. The van der Waals surface area contributed by atoms with Gasteiger partial charge in [-0.05, 0) is 76.5 Å². The Hall–Kier alpha value is -1.31. The van der Waals surface area contributed by atoms with Crippen LogP contribution in [0.1, 0.15) is 25.7 Å². The fourth-order valence-electron chi connectivity index (χ4n) is 4.54. The lowest BCUT2D eigenvalue weighted by atomic mass is 9.98. The first-order valence-corrected chi connectivity index (χ1v) is 11.7. The molecule has 2 fully saturated rings. The minimum Gasteiger partial charge on any atom is -0.446 e. The van der Waals surface area contributed by atoms with Crippen molar-refractivity contribution >= 4 is 27.5 Å². The van der Waals surface area contributed by atoms with Gasteiger partial charge in [0.15, 0.2) is 9.84 Å². The van der Waals surface area contributed by atoms with Crippen molar-refractivity contribution in [3.63, 3.8) is 0 Å². The molecule has 3 rings (SSSR count). The van der Waals surface area contributed by atoms with Gasteiger partial charge in [-0.3, -0.25) is 0 Å². The van der Waals surface area contributed by atoms with Gasteiger partial charge in [0.05, 0.1) is 10.1 Å². The molecule has 6 nitrogen and oxygen atoms in total. The summed E-state index contributed by atoms with van der Waals surface area (Å²) >= 11 is 5.89. The summed E-state index contributed by atoms with van der Waals surface area (Å²) in [6.45, 7) is 1.51. The minimum absolute atomic E-state index is 0.0440. The van der Waals surface area contributed by atoms with Gasteiger partial charge in [-0.1, -0.05) is 11.6 Å². The third-order valence-corrected chi connectivity index (χ3v) is 8.57. The van der Waals surface area contributed by atoms with Gasteiger partial charge in [-0.2, -0.15) is 0 Å². The average molecular weight is 429 g/mol. The lowest BCUT2D eigenvalue weighted by Crippen LogP contribution is -2.36. The number of benzene rings is 1. The molecule has 3 unspecified atom stereocenters. The van der Waals surface area contributed by atoms with Crippen molar-refractivity contribution in [2.24, 2.45) is 11.8 Å². The van der Waals surface area contributed by atoms with Crippen molar-refractivity contribution in [2.75, 3.05) is 34.2 Å². The number of fused-ring (bicyclic) bond motifs is 2. The molecule has 0 heterocycles. The number of halogens is 1. The molecular formula is C20H29ClN2O4S. The van der Waals surface area contributed by atoms with Gasteiger partial charge in [0, 0.05) is 24.5 Å². The van der Waals surface area contributed by atoms with E-state index in [1.807, 2.05) is 14.1 Å². The monoisotopic (exact) mass is 428 g/mol. The largest absolute Gasteiger partial charge is 0.446 e. The first-order chi connectivity index (χ1) is 13.2. The summed E-state index contributed by atoms with van der Waals surface area (Å²) in [7, 11) is 2.25. The molecule has 2 bridgehead atoms. The number of carbonyl (C=O) groups is 1. The molecule has 28 heavy (non-hydrogen) atoms. The number of sulfone groups is 1. The van der Waals surface area contributed by atoms with Crippen LogP contribution in [0.3, 0.4) is 0 Å². The van der Waals surface area contributed by atoms with E-state index in [4.69, 9.17) is 16.3 Å². The topological polar surface area (TPSA) is 66.9 Å². The highest BCUT2D eigenvalue weighted by Crippen LogP contribution is 2.51. The maximum absolute atomic E-state index is 13.2. The molecule has 156 valence electrons. The van der Waals surface area contributed by atoms with Crippen LogP contribution >= 0.6 is 11.6 Å². The van der Waals surface area contributed by atoms with Crippen LogP contribution < -0.4 is 0 Å². The molecule has 1 aromatic carbocycles. The molecule has 0 aliphatic heterocycles. The second kappa shape index (κ2) is 8.59. The smallest absolute Gasteiger partial charge is 0.409 e. The predicted molar refractivity (Wildman–Crippen MR) is 109 cm³/mol. The molecule has 4 atom stereocenters. The second-order valence-corrected chi connectivity index (χ2v) is 10.7. The van der Waals surface area contributed by atoms with E-state index in [1.165, 1.54) is 0 Å². The summed E-state index contributed by atoms with van der Waals surface area (Å²) in [6.07, 6.45) is 2.45. The molecule has 8 heteroatoms. The van der Waals surface area contributed by atoms with E-state index < -0.39 is 15.1 Å². The third kappa shape index (κ3) is 4.47.